The number of hydrogen-bond acceptors (Lipinski definition) is 3. The predicted molar refractivity (Wildman–Crippen MR) is 81.5 cm³/mol. The maximum atomic E-state index is 13.6. The first-order chi connectivity index (χ1) is 10.0. The minimum Gasteiger partial charge on any atom is -0.380 e. The molecule has 1 aromatic heterocycles. The van der Waals surface area contributed by atoms with Gasteiger partial charge in [0.05, 0.1) is 5.56 Å². The van der Waals surface area contributed by atoms with E-state index < -0.39 is 0 Å². The Kier molecular flexibility index (Phi) is 3.39. The summed E-state index contributed by atoms with van der Waals surface area (Å²) in [6.07, 6.45) is 0. The summed E-state index contributed by atoms with van der Waals surface area (Å²) in [5.41, 5.74) is 8.74. The molecule has 1 heterocycles. The average molecular weight is 303 g/mol. The number of hydrogen-bond donors (Lipinski definition) is 1. The van der Waals surface area contributed by atoms with E-state index in [9.17, 15) is 4.39 Å². The Hall–Kier alpha value is -2.33. The van der Waals surface area contributed by atoms with E-state index in [4.69, 9.17) is 21.9 Å². The van der Waals surface area contributed by atoms with Crippen LogP contribution < -0.4 is 5.73 Å². The topological polar surface area (TPSA) is 52.0 Å². The second-order valence-electron chi connectivity index (χ2n) is 4.80. The first-order valence-corrected chi connectivity index (χ1v) is 6.71. The third kappa shape index (κ3) is 2.62. The molecule has 2 N–H and O–H groups in total. The molecule has 21 heavy (non-hydrogen) atoms. The SMILES string of the molecule is Cc1cc(F)cc(-c2onc(N)c2-c2ccc(Cl)cc2)c1. The zero-order chi connectivity index (χ0) is 15.0. The molecule has 0 fully saturated rings. The van der Waals surface area contributed by atoms with Gasteiger partial charge in [0.1, 0.15) is 5.82 Å². The monoisotopic (exact) mass is 302 g/mol. The second-order valence-corrected chi connectivity index (χ2v) is 5.23. The smallest absolute Gasteiger partial charge is 0.177 e. The van der Waals surface area contributed by atoms with Crippen LogP contribution in [-0.4, -0.2) is 5.16 Å². The van der Waals surface area contributed by atoms with Crippen LogP contribution in [0.4, 0.5) is 10.2 Å². The second kappa shape index (κ2) is 5.22. The standard InChI is InChI=1S/C16H12ClFN2O/c1-9-6-11(8-13(18)7-9)15-14(16(19)20-21-15)10-2-4-12(17)5-3-10/h2-8H,1H3,(H2,19,20). The Morgan fingerprint density at radius 1 is 1.10 bits per heavy atom. The molecule has 2 aromatic carbocycles. The van der Waals surface area contributed by atoms with Gasteiger partial charge in [0.15, 0.2) is 11.6 Å². The van der Waals surface area contributed by atoms with Crippen LogP contribution in [0, 0.1) is 12.7 Å². The third-order valence-corrected chi connectivity index (χ3v) is 3.41. The van der Waals surface area contributed by atoms with Crippen molar-refractivity contribution in [3.8, 4) is 22.5 Å². The maximum absolute atomic E-state index is 13.6. The predicted octanol–water partition coefficient (Wildman–Crippen LogP) is 4.69. The first-order valence-electron chi connectivity index (χ1n) is 6.33. The number of halogens is 2. The molecule has 3 rings (SSSR count). The highest BCUT2D eigenvalue weighted by Gasteiger charge is 2.18. The summed E-state index contributed by atoms with van der Waals surface area (Å²) in [6.45, 7) is 1.81. The molecule has 0 saturated carbocycles. The molecule has 0 aliphatic carbocycles. The van der Waals surface area contributed by atoms with Gasteiger partial charge in [-0.3, -0.25) is 0 Å². The number of aromatic nitrogens is 1. The highest BCUT2D eigenvalue weighted by Crippen LogP contribution is 2.37. The molecule has 0 bridgehead atoms. The van der Waals surface area contributed by atoms with E-state index >= 15 is 0 Å². The number of aryl methyl sites for hydroxylation is 1. The summed E-state index contributed by atoms with van der Waals surface area (Å²) in [5.74, 6) is 0.369. The van der Waals surface area contributed by atoms with Crippen LogP contribution in [0.5, 0.6) is 0 Å². The summed E-state index contributed by atoms with van der Waals surface area (Å²) in [4.78, 5) is 0. The summed E-state index contributed by atoms with van der Waals surface area (Å²) in [7, 11) is 0. The van der Waals surface area contributed by atoms with E-state index in [0.29, 0.717) is 21.9 Å². The van der Waals surface area contributed by atoms with Gasteiger partial charge in [0.2, 0.25) is 0 Å². The molecule has 0 aliphatic rings. The van der Waals surface area contributed by atoms with Crippen LogP contribution in [0.2, 0.25) is 5.02 Å². The Bertz CT molecular complexity index is 776. The lowest BCUT2D eigenvalue weighted by Gasteiger charge is -2.04. The van der Waals surface area contributed by atoms with Crippen molar-refractivity contribution in [2.75, 3.05) is 5.73 Å². The summed E-state index contributed by atoms with van der Waals surface area (Å²) in [5, 5.41) is 4.42. The van der Waals surface area contributed by atoms with Gasteiger partial charge in [-0.1, -0.05) is 28.9 Å². The van der Waals surface area contributed by atoms with Gasteiger partial charge < -0.3 is 10.3 Å². The highest BCUT2D eigenvalue weighted by atomic mass is 35.5. The maximum Gasteiger partial charge on any atom is 0.177 e. The van der Waals surface area contributed by atoms with E-state index in [0.717, 1.165) is 11.1 Å². The van der Waals surface area contributed by atoms with Crippen molar-refractivity contribution in [2.24, 2.45) is 0 Å². The molecule has 0 atom stereocenters. The number of nitrogens with zero attached hydrogens (tertiary/aromatic N) is 1. The third-order valence-electron chi connectivity index (χ3n) is 3.16. The van der Waals surface area contributed by atoms with Gasteiger partial charge in [-0.2, -0.15) is 0 Å². The van der Waals surface area contributed by atoms with Crippen LogP contribution in [0.3, 0.4) is 0 Å². The zero-order valence-electron chi connectivity index (χ0n) is 11.2. The Labute approximate surface area is 126 Å². The van der Waals surface area contributed by atoms with Crippen molar-refractivity contribution in [3.63, 3.8) is 0 Å². The van der Waals surface area contributed by atoms with E-state index in [2.05, 4.69) is 5.16 Å². The van der Waals surface area contributed by atoms with Gasteiger partial charge in [-0.25, -0.2) is 4.39 Å². The molecule has 3 aromatic rings. The molecule has 5 heteroatoms. The quantitative estimate of drug-likeness (QED) is 0.747. The molecule has 0 spiro atoms. The Morgan fingerprint density at radius 3 is 2.48 bits per heavy atom. The molecule has 106 valence electrons. The lowest BCUT2D eigenvalue weighted by atomic mass is 10.0. The molecular formula is C16H12ClFN2O. The van der Waals surface area contributed by atoms with E-state index in [1.807, 2.05) is 25.1 Å². The molecule has 0 saturated heterocycles. The number of anilines is 1. The first kappa shape index (κ1) is 13.6. The van der Waals surface area contributed by atoms with Crippen molar-refractivity contribution in [1.29, 1.82) is 0 Å². The van der Waals surface area contributed by atoms with Gasteiger partial charge in [-0.15, -0.1) is 0 Å². The Balaban J connectivity index is 2.19. The van der Waals surface area contributed by atoms with Gasteiger partial charge in [0.25, 0.3) is 0 Å². The van der Waals surface area contributed by atoms with Gasteiger partial charge >= 0.3 is 0 Å². The van der Waals surface area contributed by atoms with Gasteiger partial charge in [-0.05, 0) is 48.4 Å². The van der Waals surface area contributed by atoms with Crippen molar-refractivity contribution < 1.29 is 8.91 Å². The van der Waals surface area contributed by atoms with E-state index in [-0.39, 0.29) is 11.6 Å². The molecule has 0 aliphatic heterocycles. The van der Waals surface area contributed by atoms with E-state index in [1.54, 1.807) is 12.1 Å². The highest BCUT2D eigenvalue weighted by molar-refractivity contribution is 6.30. The number of nitrogen functional groups attached to an aromatic ring is 1. The fraction of sp³-hybridized carbons (Fsp3) is 0.0625. The van der Waals surface area contributed by atoms with Crippen molar-refractivity contribution in [3.05, 3.63) is 58.9 Å². The van der Waals surface area contributed by atoms with Crippen molar-refractivity contribution in [2.45, 2.75) is 6.92 Å². The minimum atomic E-state index is -0.331. The molecule has 0 unspecified atom stereocenters. The average Bonchev–Trinajstić information content (AvgIpc) is 2.80. The molecule has 3 nitrogen and oxygen atoms in total. The lowest BCUT2D eigenvalue weighted by molar-refractivity contribution is 0.435. The van der Waals surface area contributed by atoms with Crippen LogP contribution in [0.25, 0.3) is 22.5 Å². The minimum absolute atomic E-state index is 0.259. The molecular weight excluding hydrogens is 291 g/mol. The normalized spacial score (nSPS) is 10.8. The van der Waals surface area contributed by atoms with Crippen LogP contribution in [-0.2, 0) is 0 Å². The fourth-order valence-electron chi connectivity index (χ4n) is 2.26. The molecule has 0 amide bonds. The van der Waals surface area contributed by atoms with Crippen LogP contribution in [0.1, 0.15) is 5.56 Å². The summed E-state index contributed by atoms with van der Waals surface area (Å²) >= 11 is 5.89. The summed E-state index contributed by atoms with van der Waals surface area (Å²) < 4.78 is 18.9. The fourth-order valence-corrected chi connectivity index (χ4v) is 2.39. The van der Waals surface area contributed by atoms with Gasteiger partial charge in [0, 0.05) is 10.6 Å². The largest absolute Gasteiger partial charge is 0.380 e. The lowest BCUT2D eigenvalue weighted by Crippen LogP contribution is -1.89. The Morgan fingerprint density at radius 2 is 1.81 bits per heavy atom. The number of benzene rings is 2. The zero-order valence-corrected chi connectivity index (χ0v) is 12.0. The van der Waals surface area contributed by atoms with Crippen molar-refractivity contribution >= 4 is 17.4 Å². The summed E-state index contributed by atoms with van der Waals surface area (Å²) in [6, 6.07) is 11.8. The van der Waals surface area contributed by atoms with Crippen LogP contribution >= 0.6 is 11.6 Å². The number of rotatable bonds is 2. The van der Waals surface area contributed by atoms with Crippen LogP contribution in [0.15, 0.2) is 47.0 Å². The number of nitrogens with two attached hydrogens (primary N) is 1. The van der Waals surface area contributed by atoms with Crippen molar-refractivity contribution in [1.82, 2.24) is 5.16 Å². The molecule has 0 radical (unpaired) electrons. The van der Waals surface area contributed by atoms with E-state index in [1.165, 1.54) is 12.1 Å².